The van der Waals surface area contributed by atoms with Crippen LogP contribution < -0.4 is 5.32 Å². The predicted octanol–water partition coefficient (Wildman–Crippen LogP) is 3.12. The first kappa shape index (κ1) is 15.2. The Morgan fingerprint density at radius 3 is 3.00 bits per heavy atom. The number of likely N-dealkylation sites (tertiary alicyclic amines) is 1. The summed E-state index contributed by atoms with van der Waals surface area (Å²) in [5.41, 5.74) is 0.947. The topological polar surface area (TPSA) is 63.1 Å². The molecule has 1 aliphatic carbocycles. The maximum Gasteiger partial charge on any atom is 0.323 e. The fourth-order valence-electron chi connectivity index (χ4n) is 4.01. The molecule has 2 aromatic heterocycles. The molecule has 2 aromatic rings. The fourth-order valence-corrected chi connectivity index (χ4v) is 4.01. The summed E-state index contributed by atoms with van der Waals surface area (Å²) >= 11 is 0. The number of pyridine rings is 1. The smallest absolute Gasteiger partial charge is 0.321 e. The van der Waals surface area contributed by atoms with Gasteiger partial charge in [0.15, 0.2) is 5.82 Å². The molecule has 1 saturated heterocycles. The highest BCUT2D eigenvalue weighted by molar-refractivity contribution is 5.88. The molecule has 0 bridgehead atoms. The summed E-state index contributed by atoms with van der Waals surface area (Å²) in [6.45, 7) is 1.47. The summed E-state index contributed by atoms with van der Waals surface area (Å²) < 4.78 is 1.80. The Morgan fingerprint density at radius 1 is 1.21 bits per heavy atom. The van der Waals surface area contributed by atoms with Crippen LogP contribution in [-0.4, -0.2) is 38.3 Å². The van der Waals surface area contributed by atoms with E-state index in [1.165, 1.54) is 19.3 Å². The Kier molecular flexibility index (Phi) is 4.19. The van der Waals surface area contributed by atoms with Crippen LogP contribution in [0.25, 0.3) is 0 Å². The summed E-state index contributed by atoms with van der Waals surface area (Å²) in [6, 6.07) is 8.08. The standard InChI is InChI=1S/C18H23N5O/c24-18(23-12-8-14-5-1-2-7-16(14)23)20-17-9-11-22(21-17)13-15-6-3-4-10-19-15/h3-4,6,9-11,14,16H,1-2,5,7-8,12-13H2,(H,20,21,24)/t14-,16+/m0/s1. The van der Waals surface area contributed by atoms with Gasteiger partial charge in [0.25, 0.3) is 0 Å². The average molecular weight is 325 g/mol. The zero-order valence-electron chi connectivity index (χ0n) is 13.8. The van der Waals surface area contributed by atoms with E-state index >= 15 is 0 Å². The number of aromatic nitrogens is 3. The summed E-state index contributed by atoms with van der Waals surface area (Å²) in [7, 11) is 0. The molecule has 1 N–H and O–H groups in total. The largest absolute Gasteiger partial charge is 0.323 e. The number of amides is 2. The van der Waals surface area contributed by atoms with Crippen molar-refractivity contribution in [2.45, 2.75) is 44.7 Å². The zero-order valence-corrected chi connectivity index (χ0v) is 13.8. The molecule has 6 nitrogen and oxygen atoms in total. The van der Waals surface area contributed by atoms with E-state index in [1.807, 2.05) is 35.4 Å². The van der Waals surface area contributed by atoms with E-state index in [2.05, 4.69) is 15.4 Å². The molecule has 1 saturated carbocycles. The van der Waals surface area contributed by atoms with E-state index in [9.17, 15) is 4.79 Å². The molecule has 2 amide bonds. The van der Waals surface area contributed by atoms with Gasteiger partial charge < -0.3 is 4.90 Å². The van der Waals surface area contributed by atoms with Crippen LogP contribution in [0.1, 0.15) is 37.8 Å². The Balaban J connectivity index is 1.38. The maximum absolute atomic E-state index is 12.6. The van der Waals surface area contributed by atoms with Gasteiger partial charge in [0.2, 0.25) is 0 Å². The number of nitrogens with zero attached hydrogens (tertiary/aromatic N) is 4. The summed E-state index contributed by atoms with van der Waals surface area (Å²) in [6.07, 6.45) is 9.76. The van der Waals surface area contributed by atoms with Gasteiger partial charge in [0.05, 0.1) is 12.2 Å². The van der Waals surface area contributed by atoms with E-state index in [1.54, 1.807) is 10.9 Å². The molecule has 0 unspecified atom stereocenters. The minimum atomic E-state index is -0.00696. The molecule has 2 fully saturated rings. The molecule has 2 aliphatic rings. The quantitative estimate of drug-likeness (QED) is 0.943. The van der Waals surface area contributed by atoms with Crippen molar-refractivity contribution in [1.29, 1.82) is 0 Å². The maximum atomic E-state index is 12.6. The monoisotopic (exact) mass is 325 g/mol. The van der Waals surface area contributed by atoms with Crippen LogP contribution in [0.2, 0.25) is 0 Å². The van der Waals surface area contributed by atoms with Gasteiger partial charge in [-0.3, -0.25) is 15.0 Å². The van der Waals surface area contributed by atoms with Crippen molar-refractivity contribution in [3.63, 3.8) is 0 Å². The first-order chi connectivity index (χ1) is 11.8. The molecule has 0 aromatic carbocycles. The number of hydrogen-bond acceptors (Lipinski definition) is 3. The highest BCUT2D eigenvalue weighted by Gasteiger charge is 2.38. The van der Waals surface area contributed by atoms with Gasteiger partial charge in [-0.15, -0.1) is 0 Å². The van der Waals surface area contributed by atoms with Gasteiger partial charge in [-0.25, -0.2) is 4.79 Å². The van der Waals surface area contributed by atoms with Crippen LogP contribution in [-0.2, 0) is 6.54 Å². The minimum absolute atomic E-state index is 0.00696. The normalized spacial score (nSPS) is 23.1. The molecular formula is C18H23N5O. The lowest BCUT2D eigenvalue weighted by Crippen LogP contribution is -2.41. The zero-order chi connectivity index (χ0) is 16.4. The molecule has 3 heterocycles. The van der Waals surface area contributed by atoms with Gasteiger partial charge in [-0.05, 0) is 37.3 Å². The number of fused-ring (bicyclic) bond motifs is 1. The lowest BCUT2D eigenvalue weighted by molar-refractivity contribution is 0.181. The van der Waals surface area contributed by atoms with Crippen LogP contribution >= 0.6 is 0 Å². The number of nitrogens with one attached hydrogen (secondary N) is 1. The molecule has 2 atom stereocenters. The van der Waals surface area contributed by atoms with Gasteiger partial charge in [0.1, 0.15) is 0 Å². The summed E-state index contributed by atoms with van der Waals surface area (Å²) in [5, 5.41) is 7.40. The first-order valence-electron chi connectivity index (χ1n) is 8.80. The van der Waals surface area contributed by atoms with Crippen LogP contribution in [0.4, 0.5) is 10.6 Å². The number of hydrogen-bond donors (Lipinski definition) is 1. The third-order valence-corrected chi connectivity index (χ3v) is 5.20. The molecule has 0 spiro atoms. The molecule has 4 rings (SSSR count). The number of carbonyl (C=O) groups excluding carboxylic acids is 1. The molecule has 6 heteroatoms. The summed E-state index contributed by atoms with van der Waals surface area (Å²) in [4.78, 5) is 18.9. The van der Waals surface area contributed by atoms with Gasteiger partial charge in [-0.1, -0.05) is 18.9 Å². The minimum Gasteiger partial charge on any atom is -0.321 e. The van der Waals surface area contributed by atoms with Crippen molar-refractivity contribution in [3.05, 3.63) is 42.4 Å². The number of carbonyl (C=O) groups is 1. The van der Waals surface area contributed by atoms with Crippen LogP contribution in [0.5, 0.6) is 0 Å². The molecule has 1 aliphatic heterocycles. The van der Waals surface area contributed by atoms with E-state index < -0.39 is 0 Å². The van der Waals surface area contributed by atoms with E-state index in [0.717, 1.165) is 25.1 Å². The van der Waals surface area contributed by atoms with E-state index in [0.29, 0.717) is 24.3 Å². The van der Waals surface area contributed by atoms with Crippen molar-refractivity contribution in [2.24, 2.45) is 5.92 Å². The van der Waals surface area contributed by atoms with Crippen LogP contribution in [0, 0.1) is 5.92 Å². The van der Waals surface area contributed by atoms with Crippen molar-refractivity contribution in [3.8, 4) is 0 Å². The van der Waals surface area contributed by atoms with Gasteiger partial charge in [0, 0.05) is 31.0 Å². The SMILES string of the molecule is O=C(Nc1ccn(Cc2ccccn2)n1)N1CC[C@@H]2CCCC[C@H]21. The number of rotatable bonds is 3. The van der Waals surface area contributed by atoms with Gasteiger partial charge >= 0.3 is 6.03 Å². The number of anilines is 1. The van der Waals surface area contributed by atoms with Gasteiger partial charge in [-0.2, -0.15) is 5.10 Å². The Morgan fingerprint density at radius 2 is 2.12 bits per heavy atom. The Hall–Kier alpha value is -2.37. The first-order valence-corrected chi connectivity index (χ1v) is 8.80. The third-order valence-electron chi connectivity index (χ3n) is 5.20. The van der Waals surface area contributed by atoms with Crippen LogP contribution in [0.15, 0.2) is 36.7 Å². The second-order valence-corrected chi connectivity index (χ2v) is 6.74. The molecular weight excluding hydrogens is 302 g/mol. The highest BCUT2D eigenvalue weighted by atomic mass is 16.2. The average Bonchev–Trinajstić information content (AvgIpc) is 3.22. The Labute approximate surface area is 141 Å². The van der Waals surface area contributed by atoms with Crippen LogP contribution in [0.3, 0.4) is 0 Å². The van der Waals surface area contributed by atoms with Crippen molar-refractivity contribution in [1.82, 2.24) is 19.7 Å². The number of urea groups is 1. The van der Waals surface area contributed by atoms with Crippen molar-refractivity contribution in [2.75, 3.05) is 11.9 Å². The van der Waals surface area contributed by atoms with Crippen molar-refractivity contribution < 1.29 is 4.79 Å². The molecule has 24 heavy (non-hydrogen) atoms. The Bertz CT molecular complexity index is 698. The molecule has 0 radical (unpaired) electrons. The lowest BCUT2D eigenvalue weighted by atomic mass is 9.85. The lowest BCUT2D eigenvalue weighted by Gasteiger charge is -2.31. The van der Waals surface area contributed by atoms with E-state index in [-0.39, 0.29) is 6.03 Å². The molecule has 126 valence electrons. The van der Waals surface area contributed by atoms with E-state index in [4.69, 9.17) is 0 Å². The second kappa shape index (κ2) is 6.63. The second-order valence-electron chi connectivity index (χ2n) is 6.74. The van der Waals surface area contributed by atoms with Crippen molar-refractivity contribution >= 4 is 11.8 Å². The fraction of sp³-hybridized carbons (Fsp3) is 0.500. The third kappa shape index (κ3) is 3.13. The highest BCUT2D eigenvalue weighted by Crippen LogP contribution is 2.36. The predicted molar refractivity (Wildman–Crippen MR) is 91.7 cm³/mol. The summed E-state index contributed by atoms with van der Waals surface area (Å²) in [5.74, 6) is 1.31.